The van der Waals surface area contributed by atoms with Gasteiger partial charge in [-0.2, -0.15) is 0 Å². The molecule has 0 radical (unpaired) electrons. The van der Waals surface area contributed by atoms with E-state index in [-0.39, 0.29) is 0 Å². The van der Waals surface area contributed by atoms with Crippen LogP contribution in [-0.4, -0.2) is 28.0 Å². The van der Waals surface area contributed by atoms with Crippen LogP contribution in [0.4, 0.5) is 5.82 Å². The topological polar surface area (TPSA) is 55.1 Å². The molecule has 0 N–H and O–H groups in total. The first-order chi connectivity index (χ1) is 12.1. The highest BCUT2D eigenvalue weighted by Gasteiger charge is 2.25. The maximum atomic E-state index is 6.04. The summed E-state index contributed by atoms with van der Waals surface area (Å²) in [6.07, 6.45) is 3.86. The van der Waals surface area contributed by atoms with Crippen LogP contribution in [0.25, 0.3) is 11.1 Å². The van der Waals surface area contributed by atoms with Crippen molar-refractivity contribution in [2.45, 2.75) is 38.5 Å². The third-order valence-corrected chi connectivity index (χ3v) is 4.95. The van der Waals surface area contributed by atoms with Crippen molar-refractivity contribution in [3.05, 3.63) is 47.2 Å². The first-order valence-electron chi connectivity index (χ1n) is 8.74. The lowest BCUT2D eigenvalue weighted by atomic mass is 9.97. The number of halogens is 1. The molecule has 130 valence electrons. The molecule has 4 rings (SSSR count). The van der Waals surface area contributed by atoms with Crippen molar-refractivity contribution >= 4 is 28.5 Å². The second kappa shape index (κ2) is 6.64. The molecule has 1 fully saturated rings. The van der Waals surface area contributed by atoms with Gasteiger partial charge in [-0.1, -0.05) is 25.4 Å². The van der Waals surface area contributed by atoms with Crippen LogP contribution in [0.1, 0.15) is 50.2 Å². The molecule has 25 heavy (non-hydrogen) atoms. The lowest BCUT2D eigenvalue weighted by molar-refractivity contribution is 0.406. The molecule has 1 saturated heterocycles. The molecule has 0 saturated carbocycles. The summed E-state index contributed by atoms with van der Waals surface area (Å²) in [7, 11) is 0. The Hall–Kier alpha value is -2.14. The van der Waals surface area contributed by atoms with Crippen LogP contribution in [0.3, 0.4) is 0 Å². The van der Waals surface area contributed by atoms with Gasteiger partial charge in [-0.15, -0.1) is 0 Å². The number of fused-ring (bicyclic) bond motifs is 1. The van der Waals surface area contributed by atoms with Crippen molar-refractivity contribution in [2.75, 3.05) is 18.0 Å². The summed E-state index contributed by atoms with van der Waals surface area (Å²) in [4.78, 5) is 16.0. The Bertz CT molecular complexity index is 884. The van der Waals surface area contributed by atoms with E-state index in [0.29, 0.717) is 16.9 Å². The first kappa shape index (κ1) is 16.3. The number of aromatic nitrogens is 3. The third kappa shape index (κ3) is 3.33. The van der Waals surface area contributed by atoms with Gasteiger partial charge in [0.15, 0.2) is 11.5 Å². The molecule has 5 nitrogen and oxygen atoms in total. The number of anilines is 1. The molecule has 0 amide bonds. The quantitative estimate of drug-likeness (QED) is 0.676. The Labute approximate surface area is 152 Å². The van der Waals surface area contributed by atoms with Gasteiger partial charge in [0.25, 0.3) is 0 Å². The maximum Gasteiger partial charge on any atom is 0.198 e. The van der Waals surface area contributed by atoms with Gasteiger partial charge in [0, 0.05) is 36.1 Å². The molecule has 1 aliphatic rings. The number of benzene rings is 1. The van der Waals surface area contributed by atoms with Gasteiger partial charge in [-0.05, 0) is 37.1 Å². The van der Waals surface area contributed by atoms with Crippen LogP contribution in [0.2, 0.25) is 5.02 Å². The van der Waals surface area contributed by atoms with Gasteiger partial charge in [0.2, 0.25) is 0 Å². The standard InChI is InChI=1S/C19H21ClN4O/c1-12(2)18-21-8-5-17(23-18)24-9-6-13(7-10-24)19-22-15-11-14(20)3-4-16(15)25-19/h3-5,8,11-13H,6-7,9-10H2,1-2H3. The van der Waals surface area contributed by atoms with E-state index in [1.165, 1.54) is 0 Å². The zero-order valence-corrected chi connectivity index (χ0v) is 15.2. The van der Waals surface area contributed by atoms with Gasteiger partial charge in [-0.25, -0.2) is 15.0 Å². The van der Waals surface area contributed by atoms with Gasteiger partial charge in [0.1, 0.15) is 17.2 Å². The van der Waals surface area contributed by atoms with Crippen LogP contribution in [0, 0.1) is 0 Å². The molecule has 0 spiro atoms. The van der Waals surface area contributed by atoms with Crippen molar-refractivity contribution in [1.29, 1.82) is 0 Å². The minimum Gasteiger partial charge on any atom is -0.440 e. The van der Waals surface area contributed by atoms with Crippen LogP contribution in [-0.2, 0) is 0 Å². The fraction of sp³-hybridized carbons (Fsp3) is 0.421. The fourth-order valence-electron chi connectivity index (χ4n) is 3.27. The van der Waals surface area contributed by atoms with Gasteiger partial charge in [0.05, 0.1) is 0 Å². The summed E-state index contributed by atoms with van der Waals surface area (Å²) in [5.74, 6) is 3.41. The molecule has 0 unspecified atom stereocenters. The van der Waals surface area contributed by atoms with E-state index in [9.17, 15) is 0 Å². The van der Waals surface area contributed by atoms with Crippen LogP contribution in [0.15, 0.2) is 34.9 Å². The van der Waals surface area contributed by atoms with Crippen LogP contribution >= 0.6 is 11.6 Å². The molecule has 1 aromatic carbocycles. The minimum absolute atomic E-state index is 0.337. The summed E-state index contributed by atoms with van der Waals surface area (Å²) in [6, 6.07) is 7.57. The Balaban J connectivity index is 1.48. The number of rotatable bonds is 3. The maximum absolute atomic E-state index is 6.04. The summed E-state index contributed by atoms with van der Waals surface area (Å²) in [6.45, 7) is 6.12. The van der Waals surface area contributed by atoms with Gasteiger partial charge < -0.3 is 9.32 Å². The van der Waals surface area contributed by atoms with E-state index >= 15 is 0 Å². The highest BCUT2D eigenvalue weighted by Crippen LogP contribution is 2.32. The van der Waals surface area contributed by atoms with Gasteiger partial charge in [-0.3, -0.25) is 0 Å². The number of hydrogen-bond donors (Lipinski definition) is 0. The molecule has 1 aliphatic heterocycles. The molecule has 0 bridgehead atoms. The second-order valence-corrected chi connectivity index (χ2v) is 7.29. The summed E-state index contributed by atoms with van der Waals surface area (Å²) in [5.41, 5.74) is 1.64. The van der Waals surface area contributed by atoms with E-state index in [4.69, 9.17) is 21.0 Å². The molecule has 2 aromatic heterocycles. The number of nitrogens with zero attached hydrogens (tertiary/aromatic N) is 4. The SMILES string of the molecule is CC(C)c1nccc(N2CCC(c3nc4cc(Cl)ccc4o3)CC2)n1. The summed E-state index contributed by atoms with van der Waals surface area (Å²) >= 11 is 6.04. The average molecular weight is 357 g/mol. The number of hydrogen-bond acceptors (Lipinski definition) is 5. The minimum atomic E-state index is 0.337. The van der Waals surface area contributed by atoms with Crippen molar-refractivity contribution < 1.29 is 4.42 Å². The van der Waals surface area contributed by atoms with E-state index in [1.54, 1.807) is 0 Å². The second-order valence-electron chi connectivity index (χ2n) is 6.85. The zero-order chi connectivity index (χ0) is 17.4. The molecular weight excluding hydrogens is 336 g/mol. The fourth-order valence-corrected chi connectivity index (χ4v) is 3.43. The third-order valence-electron chi connectivity index (χ3n) is 4.71. The normalized spacial score (nSPS) is 16.1. The van der Waals surface area contributed by atoms with Crippen molar-refractivity contribution in [3.63, 3.8) is 0 Å². The van der Waals surface area contributed by atoms with Crippen LogP contribution in [0.5, 0.6) is 0 Å². The number of piperidine rings is 1. The molecule has 3 aromatic rings. The van der Waals surface area contributed by atoms with E-state index < -0.39 is 0 Å². The predicted molar refractivity (Wildman–Crippen MR) is 99.3 cm³/mol. The van der Waals surface area contributed by atoms with E-state index in [0.717, 1.165) is 54.6 Å². The lowest BCUT2D eigenvalue weighted by Crippen LogP contribution is -2.33. The van der Waals surface area contributed by atoms with Crippen molar-refractivity contribution in [2.24, 2.45) is 0 Å². The first-order valence-corrected chi connectivity index (χ1v) is 9.12. The summed E-state index contributed by atoms with van der Waals surface area (Å²) < 4.78 is 5.94. The largest absolute Gasteiger partial charge is 0.440 e. The van der Waals surface area contributed by atoms with Crippen molar-refractivity contribution in [1.82, 2.24) is 15.0 Å². The highest BCUT2D eigenvalue weighted by molar-refractivity contribution is 6.31. The Kier molecular flexibility index (Phi) is 4.34. The van der Waals surface area contributed by atoms with Crippen molar-refractivity contribution in [3.8, 4) is 0 Å². The molecular formula is C19H21ClN4O. The monoisotopic (exact) mass is 356 g/mol. The molecule has 0 aliphatic carbocycles. The smallest absolute Gasteiger partial charge is 0.198 e. The number of oxazole rings is 1. The Morgan fingerprint density at radius 1 is 1.16 bits per heavy atom. The van der Waals surface area contributed by atoms with E-state index in [1.807, 2.05) is 30.5 Å². The molecule has 6 heteroatoms. The highest BCUT2D eigenvalue weighted by atomic mass is 35.5. The van der Waals surface area contributed by atoms with Gasteiger partial charge >= 0.3 is 0 Å². The predicted octanol–water partition coefficient (Wildman–Crippen LogP) is 4.78. The lowest BCUT2D eigenvalue weighted by Gasteiger charge is -2.31. The zero-order valence-electron chi connectivity index (χ0n) is 14.4. The Morgan fingerprint density at radius 2 is 1.96 bits per heavy atom. The van der Waals surface area contributed by atoms with Crippen LogP contribution < -0.4 is 4.90 Å². The summed E-state index contributed by atoms with van der Waals surface area (Å²) in [5, 5.41) is 0.687. The Morgan fingerprint density at radius 3 is 2.72 bits per heavy atom. The molecule has 0 atom stereocenters. The average Bonchev–Trinajstić information content (AvgIpc) is 3.05. The van der Waals surface area contributed by atoms with E-state index in [2.05, 4.69) is 28.7 Å². The molecule has 3 heterocycles.